The topological polar surface area (TPSA) is 43.1 Å². The van der Waals surface area contributed by atoms with E-state index < -0.39 is 5.54 Å². The van der Waals surface area contributed by atoms with Crippen LogP contribution in [0, 0.1) is 0 Å². The van der Waals surface area contributed by atoms with Gasteiger partial charge in [0.1, 0.15) is 0 Å². The highest BCUT2D eigenvalue weighted by Gasteiger charge is 2.36. The SMILES string of the molecule is CCCSC(=O)C1(N)CCCC1. The van der Waals surface area contributed by atoms with Crippen molar-refractivity contribution in [2.24, 2.45) is 5.73 Å². The van der Waals surface area contributed by atoms with Crippen molar-refractivity contribution in [3.63, 3.8) is 0 Å². The van der Waals surface area contributed by atoms with Gasteiger partial charge in [-0.2, -0.15) is 0 Å². The van der Waals surface area contributed by atoms with Gasteiger partial charge in [0.05, 0.1) is 5.54 Å². The zero-order chi connectivity index (χ0) is 9.03. The van der Waals surface area contributed by atoms with E-state index >= 15 is 0 Å². The molecule has 0 heterocycles. The van der Waals surface area contributed by atoms with E-state index in [0.29, 0.717) is 0 Å². The molecule has 1 rings (SSSR count). The molecule has 0 spiro atoms. The van der Waals surface area contributed by atoms with Crippen LogP contribution in [0.1, 0.15) is 39.0 Å². The molecule has 0 aromatic heterocycles. The maximum atomic E-state index is 11.6. The number of carbonyl (C=O) groups is 1. The smallest absolute Gasteiger partial charge is 0.208 e. The zero-order valence-corrected chi connectivity index (χ0v) is 8.45. The third-order valence-corrected chi connectivity index (χ3v) is 3.62. The minimum Gasteiger partial charge on any atom is -0.318 e. The van der Waals surface area contributed by atoms with E-state index in [1.807, 2.05) is 0 Å². The lowest BCUT2D eigenvalue weighted by molar-refractivity contribution is -0.115. The third-order valence-electron chi connectivity index (χ3n) is 2.34. The van der Waals surface area contributed by atoms with Gasteiger partial charge in [0, 0.05) is 5.75 Å². The molecule has 3 heteroatoms. The Bertz CT molecular complexity index is 164. The largest absolute Gasteiger partial charge is 0.318 e. The molecule has 1 fully saturated rings. The Morgan fingerprint density at radius 1 is 1.50 bits per heavy atom. The summed E-state index contributed by atoms with van der Waals surface area (Å²) in [5.74, 6) is 0.914. The van der Waals surface area contributed by atoms with Crippen molar-refractivity contribution in [2.45, 2.75) is 44.6 Å². The molecular weight excluding hydrogens is 170 g/mol. The summed E-state index contributed by atoms with van der Waals surface area (Å²) in [6.45, 7) is 2.08. The second kappa shape index (κ2) is 4.28. The van der Waals surface area contributed by atoms with Crippen molar-refractivity contribution >= 4 is 16.9 Å². The van der Waals surface area contributed by atoms with Gasteiger partial charge < -0.3 is 5.73 Å². The first-order valence-corrected chi connectivity index (χ1v) is 5.64. The van der Waals surface area contributed by atoms with Crippen molar-refractivity contribution in [1.82, 2.24) is 0 Å². The summed E-state index contributed by atoms with van der Waals surface area (Å²) < 4.78 is 0. The quantitative estimate of drug-likeness (QED) is 0.734. The fourth-order valence-electron chi connectivity index (χ4n) is 1.55. The Morgan fingerprint density at radius 3 is 2.58 bits per heavy atom. The summed E-state index contributed by atoms with van der Waals surface area (Å²) in [5.41, 5.74) is 5.50. The maximum Gasteiger partial charge on any atom is 0.208 e. The number of rotatable bonds is 3. The Balaban J connectivity index is 2.39. The van der Waals surface area contributed by atoms with Crippen molar-refractivity contribution < 1.29 is 4.79 Å². The molecule has 2 N–H and O–H groups in total. The van der Waals surface area contributed by atoms with Crippen LogP contribution in [0.3, 0.4) is 0 Å². The molecule has 0 aliphatic heterocycles. The van der Waals surface area contributed by atoms with Crippen molar-refractivity contribution in [3.05, 3.63) is 0 Å². The highest BCUT2D eigenvalue weighted by Crippen LogP contribution is 2.31. The van der Waals surface area contributed by atoms with E-state index in [2.05, 4.69) is 6.92 Å². The Kier molecular flexibility index (Phi) is 3.59. The summed E-state index contributed by atoms with van der Waals surface area (Å²) in [4.78, 5) is 11.6. The third kappa shape index (κ3) is 2.23. The molecule has 1 aliphatic carbocycles. The van der Waals surface area contributed by atoms with Crippen molar-refractivity contribution in [3.8, 4) is 0 Å². The molecule has 0 bridgehead atoms. The molecule has 70 valence electrons. The summed E-state index contributed by atoms with van der Waals surface area (Å²) in [6, 6.07) is 0. The van der Waals surface area contributed by atoms with Crippen LogP contribution < -0.4 is 5.73 Å². The van der Waals surface area contributed by atoms with Crippen LogP contribution in [-0.4, -0.2) is 16.4 Å². The summed E-state index contributed by atoms with van der Waals surface area (Å²) in [5, 5.41) is 0.210. The maximum absolute atomic E-state index is 11.6. The van der Waals surface area contributed by atoms with E-state index in [4.69, 9.17) is 5.73 Å². The molecule has 0 aromatic carbocycles. The van der Waals surface area contributed by atoms with Gasteiger partial charge in [0.2, 0.25) is 5.12 Å². The van der Waals surface area contributed by atoms with Crippen LogP contribution in [0.15, 0.2) is 0 Å². The predicted molar refractivity (Wildman–Crippen MR) is 53.1 cm³/mol. The van der Waals surface area contributed by atoms with Gasteiger partial charge in [0.25, 0.3) is 0 Å². The summed E-state index contributed by atoms with van der Waals surface area (Å²) >= 11 is 1.41. The first-order chi connectivity index (χ1) is 5.69. The van der Waals surface area contributed by atoms with Crippen LogP contribution in [0.2, 0.25) is 0 Å². The molecule has 0 atom stereocenters. The van der Waals surface area contributed by atoms with Gasteiger partial charge in [0.15, 0.2) is 0 Å². The molecule has 0 radical (unpaired) electrons. The number of hydrogen-bond donors (Lipinski definition) is 1. The van der Waals surface area contributed by atoms with Crippen molar-refractivity contribution in [1.29, 1.82) is 0 Å². The van der Waals surface area contributed by atoms with E-state index in [9.17, 15) is 4.79 Å². The van der Waals surface area contributed by atoms with E-state index in [1.54, 1.807) is 0 Å². The second-order valence-electron chi connectivity index (χ2n) is 3.50. The zero-order valence-electron chi connectivity index (χ0n) is 7.64. The van der Waals surface area contributed by atoms with Gasteiger partial charge in [-0.1, -0.05) is 31.5 Å². The van der Waals surface area contributed by atoms with Crippen molar-refractivity contribution in [2.75, 3.05) is 5.75 Å². The standard InChI is InChI=1S/C9H17NOS/c1-2-7-12-8(11)9(10)5-3-4-6-9/h2-7,10H2,1H3. The number of thioether (sulfide) groups is 1. The summed E-state index contributed by atoms with van der Waals surface area (Å²) in [6.07, 6.45) is 5.07. The minimum atomic E-state index is -0.472. The predicted octanol–water partition coefficient (Wildman–Crippen LogP) is 1.93. The Labute approximate surface area is 78.3 Å². The normalized spacial score (nSPS) is 21.2. The molecule has 2 nitrogen and oxygen atoms in total. The fraction of sp³-hybridized carbons (Fsp3) is 0.889. The van der Waals surface area contributed by atoms with Crippen LogP contribution >= 0.6 is 11.8 Å². The Morgan fingerprint density at radius 2 is 2.08 bits per heavy atom. The lowest BCUT2D eigenvalue weighted by Crippen LogP contribution is -2.43. The van der Waals surface area contributed by atoms with E-state index in [0.717, 1.165) is 37.9 Å². The average molecular weight is 187 g/mol. The first-order valence-electron chi connectivity index (χ1n) is 4.65. The highest BCUT2D eigenvalue weighted by atomic mass is 32.2. The number of carbonyl (C=O) groups excluding carboxylic acids is 1. The molecule has 12 heavy (non-hydrogen) atoms. The van der Waals surface area contributed by atoms with Gasteiger partial charge in [-0.25, -0.2) is 0 Å². The molecule has 1 aliphatic rings. The van der Waals surface area contributed by atoms with Crippen LogP contribution in [0.5, 0.6) is 0 Å². The van der Waals surface area contributed by atoms with E-state index in [1.165, 1.54) is 11.8 Å². The highest BCUT2D eigenvalue weighted by molar-refractivity contribution is 8.13. The molecule has 0 amide bonds. The van der Waals surface area contributed by atoms with Crippen LogP contribution in [0.25, 0.3) is 0 Å². The van der Waals surface area contributed by atoms with E-state index in [-0.39, 0.29) is 5.12 Å². The molecule has 0 saturated heterocycles. The lowest BCUT2D eigenvalue weighted by atomic mass is 10.0. The van der Waals surface area contributed by atoms with Gasteiger partial charge >= 0.3 is 0 Å². The molecular formula is C9H17NOS. The molecule has 0 unspecified atom stereocenters. The van der Waals surface area contributed by atoms with Crippen LogP contribution in [0.4, 0.5) is 0 Å². The van der Waals surface area contributed by atoms with Gasteiger partial charge in [-0.05, 0) is 19.3 Å². The Hall–Kier alpha value is -0.0200. The van der Waals surface area contributed by atoms with Gasteiger partial charge in [-0.3, -0.25) is 4.79 Å². The van der Waals surface area contributed by atoms with Crippen LogP contribution in [-0.2, 0) is 4.79 Å². The molecule has 0 aromatic rings. The molecule has 1 saturated carbocycles. The average Bonchev–Trinajstić information content (AvgIpc) is 2.49. The summed E-state index contributed by atoms with van der Waals surface area (Å²) in [7, 11) is 0. The second-order valence-corrected chi connectivity index (χ2v) is 4.57. The number of hydrogen-bond acceptors (Lipinski definition) is 3. The number of nitrogens with two attached hydrogens (primary N) is 1. The first kappa shape index (κ1) is 10.1. The lowest BCUT2D eigenvalue weighted by Gasteiger charge is -2.20. The minimum absolute atomic E-state index is 0.210. The van der Waals surface area contributed by atoms with Gasteiger partial charge in [-0.15, -0.1) is 0 Å². The monoisotopic (exact) mass is 187 g/mol. The fourth-order valence-corrected chi connectivity index (χ4v) is 2.43.